The number of aromatic hydroxyl groups is 1. The monoisotopic (exact) mass is 452 g/mol. The smallest absolute Gasteiger partial charge is 0.404 e. The van der Waals surface area contributed by atoms with Crippen molar-refractivity contribution in [3.8, 4) is 17.1 Å². The number of phenols is 1. The van der Waals surface area contributed by atoms with Crippen LogP contribution < -0.4 is 10.2 Å². The number of aromatic nitrogens is 2. The average molecular weight is 453 g/mol. The maximum atomic E-state index is 14.6. The Kier molecular flexibility index (Phi) is 6.35. The molecule has 0 radical (unpaired) electrons. The summed E-state index contributed by atoms with van der Waals surface area (Å²) in [6, 6.07) is 9.84. The van der Waals surface area contributed by atoms with Crippen molar-refractivity contribution in [3.05, 3.63) is 47.8 Å². The summed E-state index contributed by atoms with van der Waals surface area (Å²) in [5, 5.41) is 23.2. The summed E-state index contributed by atoms with van der Waals surface area (Å²) in [5.74, 6) is 0.479. The summed E-state index contributed by atoms with van der Waals surface area (Å²) in [5.41, 5.74) is 1.66. The van der Waals surface area contributed by atoms with Gasteiger partial charge >= 0.3 is 6.09 Å². The van der Waals surface area contributed by atoms with E-state index in [0.29, 0.717) is 30.3 Å². The van der Waals surface area contributed by atoms with Gasteiger partial charge in [-0.1, -0.05) is 26.0 Å². The highest BCUT2D eigenvalue weighted by molar-refractivity contribution is 5.92. The minimum absolute atomic E-state index is 0.0249. The van der Waals surface area contributed by atoms with Crippen molar-refractivity contribution in [2.24, 2.45) is 11.8 Å². The molecule has 2 heterocycles. The predicted octanol–water partition coefficient (Wildman–Crippen LogP) is 4.96. The Balaban J connectivity index is 1.75. The van der Waals surface area contributed by atoms with Gasteiger partial charge in [0.1, 0.15) is 17.4 Å². The van der Waals surface area contributed by atoms with Crippen molar-refractivity contribution in [1.29, 1.82) is 0 Å². The third-order valence-corrected chi connectivity index (χ3v) is 6.17. The Morgan fingerprint density at radius 2 is 2.06 bits per heavy atom. The molecule has 0 bridgehead atoms. The number of benzene rings is 2. The van der Waals surface area contributed by atoms with E-state index in [0.717, 1.165) is 23.8 Å². The van der Waals surface area contributed by atoms with Crippen LogP contribution in [-0.2, 0) is 0 Å². The second-order valence-corrected chi connectivity index (χ2v) is 9.21. The summed E-state index contributed by atoms with van der Waals surface area (Å²) < 4.78 is 14.6. The molecule has 1 aromatic heterocycles. The number of fused-ring (bicyclic) bond motifs is 1. The van der Waals surface area contributed by atoms with E-state index in [9.17, 15) is 19.4 Å². The molecule has 1 amide bonds. The first-order valence-electron chi connectivity index (χ1n) is 11.2. The first-order valence-corrected chi connectivity index (χ1v) is 11.2. The van der Waals surface area contributed by atoms with E-state index < -0.39 is 11.9 Å². The fourth-order valence-electron chi connectivity index (χ4n) is 4.65. The van der Waals surface area contributed by atoms with E-state index in [1.807, 2.05) is 25.1 Å². The van der Waals surface area contributed by atoms with Crippen LogP contribution in [0, 0.1) is 24.6 Å². The number of hydrogen-bond donors (Lipinski definition) is 3. The molecular weight excluding hydrogens is 423 g/mol. The summed E-state index contributed by atoms with van der Waals surface area (Å²) in [6.07, 6.45) is 0.553. The number of nitrogens with zero attached hydrogens (tertiary/aromatic N) is 3. The summed E-state index contributed by atoms with van der Waals surface area (Å²) in [4.78, 5) is 22.7. The number of anilines is 1. The maximum Gasteiger partial charge on any atom is 0.404 e. The Labute approximate surface area is 192 Å². The number of hydrogen-bond acceptors (Lipinski definition) is 5. The Bertz CT molecular complexity index is 1160. The number of aryl methyl sites for hydroxylation is 1. The summed E-state index contributed by atoms with van der Waals surface area (Å²) >= 11 is 0. The van der Waals surface area contributed by atoms with Gasteiger partial charge in [0.2, 0.25) is 0 Å². The normalized spacial score (nSPS) is 17.0. The minimum atomic E-state index is -1.01. The van der Waals surface area contributed by atoms with E-state index >= 15 is 0 Å². The molecule has 0 aliphatic carbocycles. The van der Waals surface area contributed by atoms with Crippen LogP contribution in [0.5, 0.6) is 5.75 Å². The highest BCUT2D eigenvalue weighted by Gasteiger charge is 2.33. The fraction of sp³-hybridized carbons (Fsp3) is 0.400. The molecule has 1 aliphatic rings. The van der Waals surface area contributed by atoms with Crippen LogP contribution in [-0.4, -0.2) is 45.4 Å². The van der Waals surface area contributed by atoms with Crippen LogP contribution >= 0.6 is 0 Å². The van der Waals surface area contributed by atoms with Gasteiger partial charge in [-0.25, -0.2) is 19.2 Å². The van der Waals surface area contributed by atoms with Crippen LogP contribution in [0.15, 0.2) is 36.4 Å². The molecule has 174 valence electrons. The lowest BCUT2D eigenvalue weighted by atomic mass is 9.91. The number of nitrogens with one attached hydrogen (secondary N) is 1. The molecule has 1 aliphatic heterocycles. The molecule has 2 unspecified atom stereocenters. The molecule has 7 nitrogen and oxygen atoms in total. The van der Waals surface area contributed by atoms with Gasteiger partial charge in [-0.2, -0.15) is 0 Å². The van der Waals surface area contributed by atoms with Crippen LogP contribution in [0.4, 0.5) is 15.0 Å². The highest BCUT2D eigenvalue weighted by atomic mass is 19.1. The topological polar surface area (TPSA) is 98.6 Å². The van der Waals surface area contributed by atoms with Crippen molar-refractivity contribution in [2.45, 2.75) is 39.7 Å². The van der Waals surface area contributed by atoms with Crippen LogP contribution in [0.25, 0.3) is 22.3 Å². The predicted molar refractivity (Wildman–Crippen MR) is 126 cm³/mol. The zero-order valence-electron chi connectivity index (χ0n) is 19.0. The molecule has 2 atom stereocenters. The molecule has 4 rings (SSSR count). The van der Waals surface area contributed by atoms with E-state index in [-0.39, 0.29) is 29.1 Å². The molecule has 3 N–H and O–H groups in total. The van der Waals surface area contributed by atoms with Crippen molar-refractivity contribution >= 4 is 22.8 Å². The van der Waals surface area contributed by atoms with Gasteiger partial charge in [0.25, 0.3) is 0 Å². The first-order chi connectivity index (χ1) is 15.7. The quantitative estimate of drug-likeness (QED) is 0.489. The van der Waals surface area contributed by atoms with E-state index in [4.69, 9.17) is 4.98 Å². The zero-order chi connectivity index (χ0) is 23.7. The van der Waals surface area contributed by atoms with Gasteiger partial charge in [-0.15, -0.1) is 0 Å². The molecule has 3 aromatic rings. The second kappa shape index (κ2) is 9.21. The van der Waals surface area contributed by atoms with Gasteiger partial charge < -0.3 is 20.4 Å². The van der Waals surface area contributed by atoms with Gasteiger partial charge in [0.05, 0.1) is 11.1 Å². The highest BCUT2D eigenvalue weighted by Crippen LogP contribution is 2.36. The second-order valence-electron chi connectivity index (χ2n) is 9.21. The number of carbonyl (C=O) groups is 1. The third kappa shape index (κ3) is 4.84. The van der Waals surface area contributed by atoms with Gasteiger partial charge in [-0.3, -0.25) is 0 Å². The Morgan fingerprint density at radius 3 is 2.76 bits per heavy atom. The standard InChI is InChI=1S/C25H29FN4O3/c1-14(2)11-19(28-25(32)33)16-9-10-30(13-16)24-17-8-7-15(3)12-20(17)27-23(29-24)22-18(26)5-4-6-21(22)31/h4-8,12,14,16,19,28,31H,9-11,13H2,1-3H3,(H,32,33). The Morgan fingerprint density at radius 1 is 1.27 bits per heavy atom. The Hall–Kier alpha value is -3.42. The number of phenolic OH excluding ortho intramolecular Hbond substituents is 1. The zero-order valence-corrected chi connectivity index (χ0v) is 19.0. The lowest BCUT2D eigenvalue weighted by Crippen LogP contribution is -2.41. The molecular formula is C25H29FN4O3. The van der Waals surface area contributed by atoms with Crippen molar-refractivity contribution in [3.63, 3.8) is 0 Å². The summed E-state index contributed by atoms with van der Waals surface area (Å²) in [6.45, 7) is 7.44. The van der Waals surface area contributed by atoms with Crippen molar-refractivity contribution in [1.82, 2.24) is 15.3 Å². The first kappa shape index (κ1) is 22.8. The SMILES string of the molecule is Cc1ccc2c(N3CCC(C(CC(C)C)NC(=O)O)C3)nc(-c3c(O)cccc3F)nc2c1. The molecule has 1 fully saturated rings. The number of carboxylic acid groups (broad SMARTS) is 1. The van der Waals surface area contributed by atoms with Crippen LogP contribution in [0.1, 0.15) is 32.3 Å². The van der Waals surface area contributed by atoms with Gasteiger partial charge in [-0.05, 0) is 61.4 Å². The third-order valence-electron chi connectivity index (χ3n) is 6.17. The minimum Gasteiger partial charge on any atom is -0.507 e. The van der Waals surface area contributed by atoms with E-state index in [2.05, 4.69) is 29.0 Å². The molecule has 1 saturated heterocycles. The van der Waals surface area contributed by atoms with Gasteiger partial charge in [0.15, 0.2) is 5.82 Å². The van der Waals surface area contributed by atoms with Gasteiger partial charge in [0, 0.05) is 24.5 Å². The van der Waals surface area contributed by atoms with Crippen molar-refractivity contribution in [2.75, 3.05) is 18.0 Å². The average Bonchev–Trinajstić information content (AvgIpc) is 3.22. The van der Waals surface area contributed by atoms with E-state index in [1.54, 1.807) is 0 Å². The number of halogens is 1. The lowest BCUT2D eigenvalue weighted by molar-refractivity contribution is 0.181. The van der Waals surface area contributed by atoms with Crippen LogP contribution in [0.3, 0.4) is 0 Å². The summed E-state index contributed by atoms with van der Waals surface area (Å²) in [7, 11) is 0. The fourth-order valence-corrected chi connectivity index (χ4v) is 4.65. The number of rotatable bonds is 6. The maximum absolute atomic E-state index is 14.6. The molecule has 0 spiro atoms. The van der Waals surface area contributed by atoms with E-state index in [1.165, 1.54) is 18.2 Å². The molecule has 33 heavy (non-hydrogen) atoms. The molecule has 2 aromatic carbocycles. The largest absolute Gasteiger partial charge is 0.507 e. The number of amides is 1. The molecule has 0 saturated carbocycles. The van der Waals surface area contributed by atoms with Crippen LogP contribution in [0.2, 0.25) is 0 Å². The molecule has 8 heteroatoms. The lowest BCUT2D eigenvalue weighted by Gasteiger charge is -2.26. The van der Waals surface area contributed by atoms with Crippen molar-refractivity contribution < 1.29 is 19.4 Å².